The second-order valence-corrected chi connectivity index (χ2v) is 7.42. The number of pyridine rings is 1. The Morgan fingerprint density at radius 1 is 0.853 bits per heavy atom. The van der Waals surface area contributed by atoms with Crippen LogP contribution in [0.4, 0.5) is 36.8 Å². The largest absolute Gasteiger partial charge is 0.439 e. The van der Waals surface area contributed by atoms with Gasteiger partial charge in [-0.3, -0.25) is 4.90 Å². The number of fused-ring (bicyclic) bond motifs is 1. The third kappa shape index (κ3) is 5.24. The lowest BCUT2D eigenvalue weighted by Crippen LogP contribution is -2.37. The second-order valence-electron chi connectivity index (χ2n) is 7.42. The molecule has 1 aliphatic heterocycles. The number of alkyl halides is 6. The molecule has 2 aromatic carbocycles. The van der Waals surface area contributed by atoms with E-state index in [0.29, 0.717) is 24.6 Å². The number of aromatic nitrogens is 1. The Morgan fingerprint density at radius 2 is 1.50 bits per heavy atom. The van der Waals surface area contributed by atoms with Crippen molar-refractivity contribution in [2.24, 2.45) is 0 Å². The highest BCUT2D eigenvalue weighted by Crippen LogP contribution is 2.36. The lowest BCUT2D eigenvalue weighted by atomic mass is 9.99. The molecule has 11 heteroatoms. The Hall–Kier alpha value is -3.76. The van der Waals surface area contributed by atoms with Crippen molar-refractivity contribution in [1.82, 2.24) is 4.98 Å². The summed E-state index contributed by atoms with van der Waals surface area (Å²) in [5.41, 5.74) is -1.00. The number of hydrogen-bond acceptors (Lipinski definition) is 4. The second kappa shape index (κ2) is 8.88. The van der Waals surface area contributed by atoms with Gasteiger partial charge in [0.1, 0.15) is 11.5 Å². The monoisotopic (exact) mass is 482 g/mol. The summed E-state index contributed by atoms with van der Waals surface area (Å²) in [6.45, 7) is 0.202. The van der Waals surface area contributed by atoms with E-state index in [9.17, 15) is 31.1 Å². The predicted octanol–water partition coefficient (Wildman–Crippen LogP) is 6.86. The van der Waals surface area contributed by atoms with Crippen molar-refractivity contribution in [3.63, 3.8) is 0 Å². The summed E-state index contributed by atoms with van der Waals surface area (Å²) in [5, 5.41) is 0. The van der Waals surface area contributed by atoms with Crippen LogP contribution in [0.25, 0.3) is 0 Å². The van der Waals surface area contributed by atoms with Gasteiger partial charge >= 0.3 is 18.4 Å². The van der Waals surface area contributed by atoms with Crippen molar-refractivity contribution in [3.8, 4) is 17.4 Å². The molecule has 0 saturated carbocycles. The molecule has 0 radical (unpaired) electrons. The highest BCUT2D eigenvalue weighted by Gasteiger charge is 2.33. The molecule has 4 rings (SSSR count). The van der Waals surface area contributed by atoms with Gasteiger partial charge in [-0.05, 0) is 60.9 Å². The first kappa shape index (κ1) is 23.4. The fourth-order valence-corrected chi connectivity index (χ4v) is 3.40. The van der Waals surface area contributed by atoms with Gasteiger partial charge in [-0.2, -0.15) is 26.3 Å². The average Bonchev–Trinajstić information content (AvgIpc) is 2.78. The number of aryl methyl sites for hydroxylation is 1. The van der Waals surface area contributed by atoms with Crippen LogP contribution < -0.4 is 14.4 Å². The van der Waals surface area contributed by atoms with Gasteiger partial charge in [0.15, 0.2) is 0 Å². The maximum absolute atomic E-state index is 13.1. The topological polar surface area (TPSA) is 51.7 Å². The van der Waals surface area contributed by atoms with Crippen LogP contribution in [0.2, 0.25) is 0 Å². The number of carbonyl (C=O) groups excluding carboxylic acids is 1. The highest BCUT2D eigenvalue weighted by atomic mass is 19.4. The zero-order valence-corrected chi connectivity index (χ0v) is 17.3. The van der Waals surface area contributed by atoms with E-state index in [1.165, 1.54) is 30.3 Å². The van der Waals surface area contributed by atoms with Crippen LogP contribution in [0.15, 0.2) is 60.8 Å². The third-order valence-electron chi connectivity index (χ3n) is 5.07. The van der Waals surface area contributed by atoms with Crippen LogP contribution in [0, 0.1) is 0 Å². The number of halogens is 6. The number of rotatable bonds is 3. The van der Waals surface area contributed by atoms with Gasteiger partial charge in [-0.25, -0.2) is 9.78 Å². The minimum Gasteiger partial charge on any atom is -0.439 e. The maximum Gasteiger partial charge on any atom is 0.419 e. The predicted molar refractivity (Wildman–Crippen MR) is 109 cm³/mol. The molecule has 5 nitrogen and oxygen atoms in total. The van der Waals surface area contributed by atoms with E-state index >= 15 is 0 Å². The number of nitrogens with zero attached hydrogens (tertiary/aromatic N) is 2. The Labute approximate surface area is 189 Å². The normalized spacial score (nSPS) is 13.9. The van der Waals surface area contributed by atoms with Crippen LogP contribution in [-0.2, 0) is 18.8 Å². The zero-order chi connectivity index (χ0) is 24.5. The quantitative estimate of drug-likeness (QED) is 0.383. The van der Waals surface area contributed by atoms with Crippen molar-refractivity contribution in [1.29, 1.82) is 0 Å². The van der Waals surface area contributed by atoms with Gasteiger partial charge in [-0.15, -0.1) is 0 Å². The van der Waals surface area contributed by atoms with Crippen molar-refractivity contribution in [2.75, 3.05) is 11.4 Å². The molecule has 3 aromatic rings. The molecular formula is C23H16F6N2O3. The Balaban J connectivity index is 1.44. The first-order valence-corrected chi connectivity index (χ1v) is 10.0. The SMILES string of the molecule is O=C(Oc1ccc(Oc2ccc(C(F)(F)F)cn2)cc1)N1CCCc2ccc(C(F)(F)F)cc21. The Morgan fingerprint density at radius 3 is 2.12 bits per heavy atom. The molecule has 0 aliphatic carbocycles. The summed E-state index contributed by atoms with van der Waals surface area (Å²) in [6.07, 6.45) is -8.13. The van der Waals surface area contributed by atoms with E-state index in [2.05, 4.69) is 4.98 Å². The maximum atomic E-state index is 13.1. The van der Waals surface area contributed by atoms with Gasteiger partial charge in [0.25, 0.3) is 0 Å². The summed E-state index contributed by atoms with van der Waals surface area (Å²) in [7, 11) is 0. The van der Waals surface area contributed by atoms with Gasteiger partial charge in [-0.1, -0.05) is 6.07 Å². The van der Waals surface area contributed by atoms with E-state index in [0.717, 1.165) is 29.2 Å². The smallest absolute Gasteiger partial charge is 0.419 e. The molecule has 0 atom stereocenters. The molecule has 34 heavy (non-hydrogen) atoms. The molecule has 0 bridgehead atoms. The fourth-order valence-electron chi connectivity index (χ4n) is 3.40. The molecular weight excluding hydrogens is 466 g/mol. The fraction of sp³-hybridized carbons (Fsp3) is 0.217. The van der Waals surface area contributed by atoms with Crippen molar-refractivity contribution in [3.05, 3.63) is 77.5 Å². The molecule has 2 heterocycles. The van der Waals surface area contributed by atoms with Crippen molar-refractivity contribution < 1.29 is 40.6 Å². The number of carbonyl (C=O) groups is 1. The number of ether oxygens (including phenoxy) is 2. The molecule has 0 spiro atoms. The van der Waals surface area contributed by atoms with E-state index in [-0.39, 0.29) is 29.6 Å². The molecule has 1 amide bonds. The minimum absolute atomic E-state index is 0.0665. The molecule has 0 N–H and O–H groups in total. The highest BCUT2D eigenvalue weighted by molar-refractivity contribution is 5.90. The van der Waals surface area contributed by atoms with Gasteiger partial charge < -0.3 is 9.47 Å². The first-order chi connectivity index (χ1) is 16.0. The zero-order valence-electron chi connectivity index (χ0n) is 17.3. The molecule has 0 saturated heterocycles. The van der Waals surface area contributed by atoms with E-state index in [1.54, 1.807) is 0 Å². The minimum atomic E-state index is -4.54. The molecule has 1 aromatic heterocycles. The van der Waals surface area contributed by atoms with Crippen molar-refractivity contribution in [2.45, 2.75) is 25.2 Å². The van der Waals surface area contributed by atoms with Crippen LogP contribution in [0.3, 0.4) is 0 Å². The number of amides is 1. The summed E-state index contributed by atoms with van der Waals surface area (Å²) in [6, 6.07) is 10.8. The lowest BCUT2D eigenvalue weighted by molar-refractivity contribution is -0.138. The Kier molecular flexibility index (Phi) is 6.11. The van der Waals surface area contributed by atoms with E-state index in [1.807, 2.05) is 0 Å². The third-order valence-corrected chi connectivity index (χ3v) is 5.07. The van der Waals surface area contributed by atoms with Crippen LogP contribution >= 0.6 is 0 Å². The molecule has 178 valence electrons. The summed E-state index contributed by atoms with van der Waals surface area (Å²) in [4.78, 5) is 17.4. The average molecular weight is 482 g/mol. The number of benzene rings is 2. The molecule has 1 aliphatic rings. The standard InChI is InChI=1S/C23H16F6N2O3/c24-22(25,26)15-4-3-14-2-1-11-31(19(14)12-15)21(32)34-18-8-6-17(7-9-18)33-20-10-5-16(13-30-20)23(27,28)29/h3-10,12-13H,1-2,11H2. The first-order valence-electron chi connectivity index (χ1n) is 10.0. The number of hydrogen-bond donors (Lipinski definition) is 0. The van der Waals surface area contributed by atoms with E-state index < -0.39 is 29.6 Å². The van der Waals surface area contributed by atoms with Gasteiger partial charge in [0, 0.05) is 18.8 Å². The molecule has 0 fully saturated rings. The van der Waals surface area contributed by atoms with Gasteiger partial charge in [0.05, 0.1) is 16.8 Å². The van der Waals surface area contributed by atoms with Crippen LogP contribution in [-0.4, -0.2) is 17.6 Å². The van der Waals surface area contributed by atoms with Crippen LogP contribution in [0.5, 0.6) is 17.4 Å². The summed E-state index contributed by atoms with van der Waals surface area (Å²) in [5.74, 6) is 0.269. The van der Waals surface area contributed by atoms with E-state index in [4.69, 9.17) is 9.47 Å². The summed E-state index contributed by atoms with van der Waals surface area (Å²) >= 11 is 0. The Bertz CT molecular complexity index is 1180. The summed E-state index contributed by atoms with van der Waals surface area (Å²) < 4.78 is 87.8. The molecule has 0 unspecified atom stereocenters. The van der Waals surface area contributed by atoms with Gasteiger partial charge in [0.2, 0.25) is 5.88 Å². The lowest BCUT2D eigenvalue weighted by Gasteiger charge is -2.29. The van der Waals surface area contributed by atoms with Crippen LogP contribution in [0.1, 0.15) is 23.1 Å². The van der Waals surface area contributed by atoms with Crippen molar-refractivity contribution >= 4 is 11.8 Å². The number of anilines is 1.